The molecule has 0 radical (unpaired) electrons. The molecule has 1 N–H and O–H groups in total. The van der Waals surface area contributed by atoms with E-state index in [4.69, 9.17) is 4.74 Å². The Kier molecular flexibility index (Phi) is 4.45. The molecule has 2 aromatic heterocycles. The molecule has 4 nitrogen and oxygen atoms in total. The van der Waals surface area contributed by atoms with Crippen LogP contribution in [0.5, 0.6) is 5.75 Å². The second-order valence-electron chi connectivity index (χ2n) is 5.32. The molecule has 25 heavy (non-hydrogen) atoms. The Hall–Kier alpha value is -2.70. The number of fused-ring (bicyclic) bond motifs is 1. The lowest BCUT2D eigenvalue weighted by atomic mass is 10.2. The number of rotatable bonds is 5. The summed E-state index contributed by atoms with van der Waals surface area (Å²) in [5.74, 6) is 0.838. The van der Waals surface area contributed by atoms with Crippen molar-refractivity contribution in [3.63, 3.8) is 0 Å². The van der Waals surface area contributed by atoms with Gasteiger partial charge in [0.15, 0.2) is 0 Å². The van der Waals surface area contributed by atoms with Gasteiger partial charge in [-0.3, -0.25) is 5.43 Å². The molecule has 0 saturated heterocycles. The first-order valence-corrected chi connectivity index (χ1v) is 9.39. The van der Waals surface area contributed by atoms with Gasteiger partial charge in [0.1, 0.15) is 5.75 Å². The van der Waals surface area contributed by atoms with Crippen LogP contribution in [0, 0.1) is 0 Å². The number of hydrazone groups is 1. The molecule has 0 aliphatic carbocycles. The Balaban J connectivity index is 1.45. The number of ether oxygens (including phenoxy) is 1. The third kappa shape index (κ3) is 3.55. The lowest BCUT2D eigenvalue weighted by molar-refractivity contribution is 0.415. The average molecular weight is 365 g/mol. The highest BCUT2D eigenvalue weighted by atomic mass is 32.1. The zero-order valence-corrected chi connectivity index (χ0v) is 15.1. The topological polar surface area (TPSA) is 46.5 Å². The maximum absolute atomic E-state index is 5.18. The maximum Gasteiger partial charge on any atom is 0.203 e. The molecule has 0 bridgehead atoms. The zero-order chi connectivity index (χ0) is 17.1. The highest BCUT2D eigenvalue weighted by Gasteiger charge is 2.04. The van der Waals surface area contributed by atoms with Crippen LogP contribution in [0.15, 0.2) is 65.1 Å². The summed E-state index contributed by atoms with van der Waals surface area (Å²) in [6.07, 6.45) is 1.83. The summed E-state index contributed by atoms with van der Waals surface area (Å²) in [6.45, 7) is 0. The standard InChI is InChI=1S/C19H15N3OS2/c1-23-15-8-6-13(7-9-15)17-12-24-19(21-17)22-20-11-16-10-14-4-2-3-5-18(14)25-16/h2-12H,1H3,(H,21,22)/b20-11+. The molecule has 0 saturated carbocycles. The van der Waals surface area contributed by atoms with Crippen LogP contribution in [0.4, 0.5) is 5.13 Å². The number of thiophene rings is 1. The quantitative estimate of drug-likeness (QED) is 0.376. The molecule has 124 valence electrons. The van der Waals surface area contributed by atoms with E-state index in [2.05, 4.69) is 33.7 Å². The molecule has 0 amide bonds. The number of methoxy groups -OCH3 is 1. The number of hydrogen-bond donors (Lipinski definition) is 1. The smallest absolute Gasteiger partial charge is 0.203 e. The monoisotopic (exact) mass is 365 g/mol. The van der Waals surface area contributed by atoms with E-state index >= 15 is 0 Å². The van der Waals surface area contributed by atoms with E-state index in [1.807, 2.05) is 48.0 Å². The normalized spacial score (nSPS) is 11.2. The lowest BCUT2D eigenvalue weighted by Crippen LogP contribution is -1.88. The van der Waals surface area contributed by atoms with Gasteiger partial charge < -0.3 is 4.74 Å². The fourth-order valence-corrected chi connectivity index (χ4v) is 4.04. The first kappa shape index (κ1) is 15.8. The largest absolute Gasteiger partial charge is 0.497 e. The summed E-state index contributed by atoms with van der Waals surface area (Å²) in [7, 11) is 1.66. The van der Waals surface area contributed by atoms with Gasteiger partial charge in [-0.25, -0.2) is 4.98 Å². The number of nitrogens with one attached hydrogen (secondary N) is 1. The minimum absolute atomic E-state index is 0.767. The van der Waals surface area contributed by atoms with Gasteiger partial charge >= 0.3 is 0 Å². The minimum atomic E-state index is 0.767. The Morgan fingerprint density at radius 2 is 1.96 bits per heavy atom. The Morgan fingerprint density at radius 3 is 2.76 bits per heavy atom. The van der Waals surface area contributed by atoms with Crippen molar-refractivity contribution in [3.05, 3.63) is 64.9 Å². The zero-order valence-electron chi connectivity index (χ0n) is 13.5. The molecule has 0 fully saturated rings. The van der Waals surface area contributed by atoms with Gasteiger partial charge in [-0.2, -0.15) is 5.10 Å². The van der Waals surface area contributed by atoms with E-state index in [1.165, 1.54) is 21.4 Å². The van der Waals surface area contributed by atoms with Crippen LogP contribution in [-0.4, -0.2) is 18.3 Å². The van der Waals surface area contributed by atoms with Crippen LogP contribution in [0.25, 0.3) is 21.3 Å². The first-order valence-electron chi connectivity index (χ1n) is 7.69. The Morgan fingerprint density at radius 1 is 1.12 bits per heavy atom. The number of benzene rings is 2. The van der Waals surface area contributed by atoms with Gasteiger partial charge in [0.05, 0.1) is 19.0 Å². The number of hydrogen-bond acceptors (Lipinski definition) is 6. The van der Waals surface area contributed by atoms with Gasteiger partial charge in [-0.1, -0.05) is 18.2 Å². The molecule has 4 aromatic rings. The van der Waals surface area contributed by atoms with Gasteiger partial charge in [0.25, 0.3) is 0 Å². The third-order valence-corrected chi connectivity index (χ3v) is 5.48. The van der Waals surface area contributed by atoms with Crippen LogP contribution < -0.4 is 10.2 Å². The average Bonchev–Trinajstić information content (AvgIpc) is 3.28. The summed E-state index contributed by atoms with van der Waals surface area (Å²) in [6, 6.07) is 18.3. The molecular weight excluding hydrogens is 350 g/mol. The second kappa shape index (κ2) is 7.04. The maximum atomic E-state index is 5.18. The van der Waals surface area contributed by atoms with Crippen molar-refractivity contribution in [2.45, 2.75) is 0 Å². The molecule has 0 atom stereocenters. The molecule has 0 aliphatic rings. The highest BCUT2D eigenvalue weighted by Crippen LogP contribution is 2.27. The molecule has 0 unspecified atom stereocenters. The number of aromatic nitrogens is 1. The molecule has 2 heterocycles. The van der Waals surface area contributed by atoms with E-state index in [0.29, 0.717) is 0 Å². The molecule has 2 aromatic carbocycles. The van der Waals surface area contributed by atoms with Crippen LogP contribution in [0.1, 0.15) is 4.88 Å². The second-order valence-corrected chi connectivity index (χ2v) is 7.30. The lowest BCUT2D eigenvalue weighted by Gasteiger charge is -2.00. The summed E-state index contributed by atoms with van der Waals surface area (Å²) in [5.41, 5.74) is 4.99. The molecular formula is C19H15N3OS2. The molecule has 0 aliphatic heterocycles. The van der Waals surface area contributed by atoms with E-state index in [-0.39, 0.29) is 0 Å². The van der Waals surface area contributed by atoms with Crippen molar-refractivity contribution in [3.8, 4) is 17.0 Å². The predicted molar refractivity (Wildman–Crippen MR) is 107 cm³/mol. The van der Waals surface area contributed by atoms with Gasteiger partial charge in [0, 0.05) is 20.5 Å². The first-order chi connectivity index (χ1) is 12.3. The van der Waals surface area contributed by atoms with Crippen LogP contribution in [0.3, 0.4) is 0 Å². The van der Waals surface area contributed by atoms with E-state index in [9.17, 15) is 0 Å². The Bertz CT molecular complexity index is 986. The SMILES string of the molecule is COc1ccc(-c2csc(N/N=C/c3cc4ccccc4s3)n2)cc1. The number of nitrogens with zero attached hydrogens (tertiary/aromatic N) is 2. The summed E-state index contributed by atoms with van der Waals surface area (Å²) in [5, 5.41) is 8.33. The Labute approximate surface area is 153 Å². The highest BCUT2D eigenvalue weighted by molar-refractivity contribution is 7.20. The van der Waals surface area contributed by atoms with Crippen LogP contribution in [0.2, 0.25) is 0 Å². The van der Waals surface area contributed by atoms with Crippen molar-refractivity contribution in [1.82, 2.24) is 4.98 Å². The van der Waals surface area contributed by atoms with Gasteiger partial charge in [-0.15, -0.1) is 22.7 Å². The van der Waals surface area contributed by atoms with Crippen molar-refractivity contribution in [1.29, 1.82) is 0 Å². The van der Waals surface area contributed by atoms with Gasteiger partial charge in [0.2, 0.25) is 5.13 Å². The van der Waals surface area contributed by atoms with Crippen molar-refractivity contribution < 1.29 is 4.74 Å². The summed E-state index contributed by atoms with van der Waals surface area (Å²) in [4.78, 5) is 5.68. The van der Waals surface area contributed by atoms with E-state index in [1.54, 1.807) is 18.4 Å². The van der Waals surface area contributed by atoms with Crippen LogP contribution >= 0.6 is 22.7 Å². The van der Waals surface area contributed by atoms with E-state index in [0.717, 1.165) is 27.0 Å². The fourth-order valence-electron chi connectivity index (χ4n) is 2.44. The minimum Gasteiger partial charge on any atom is -0.497 e. The third-order valence-electron chi connectivity index (χ3n) is 3.69. The molecule has 4 rings (SSSR count). The van der Waals surface area contributed by atoms with Crippen molar-refractivity contribution in [2.24, 2.45) is 5.10 Å². The number of thiazole rings is 1. The summed E-state index contributed by atoms with van der Waals surface area (Å²) >= 11 is 3.25. The number of anilines is 1. The van der Waals surface area contributed by atoms with Gasteiger partial charge in [-0.05, 0) is 41.8 Å². The molecule has 6 heteroatoms. The van der Waals surface area contributed by atoms with E-state index < -0.39 is 0 Å². The van der Waals surface area contributed by atoms with Crippen molar-refractivity contribution >= 4 is 44.1 Å². The van der Waals surface area contributed by atoms with Crippen LogP contribution in [-0.2, 0) is 0 Å². The molecule has 0 spiro atoms. The summed E-state index contributed by atoms with van der Waals surface area (Å²) < 4.78 is 6.44. The van der Waals surface area contributed by atoms with Crippen molar-refractivity contribution in [2.75, 3.05) is 12.5 Å². The predicted octanol–water partition coefficient (Wildman–Crippen LogP) is 5.48. The fraction of sp³-hybridized carbons (Fsp3) is 0.0526.